The topological polar surface area (TPSA) is 99.9 Å². The van der Waals surface area contributed by atoms with Gasteiger partial charge in [0.25, 0.3) is 0 Å². The van der Waals surface area contributed by atoms with E-state index in [9.17, 15) is 9.59 Å². The molecule has 0 bridgehead atoms. The number of rotatable bonds is 7. The SMILES string of the molecule is COC(=O)c1cc(Oc2ccc(NSc3ccc(C)cc3)c(C(=O)OC)c2)ccc1N. The van der Waals surface area contributed by atoms with Crippen LogP contribution in [0.5, 0.6) is 11.5 Å². The van der Waals surface area contributed by atoms with E-state index in [1.807, 2.05) is 31.2 Å². The van der Waals surface area contributed by atoms with Crippen LogP contribution in [0.1, 0.15) is 26.3 Å². The van der Waals surface area contributed by atoms with Gasteiger partial charge in [0.1, 0.15) is 11.5 Å². The zero-order chi connectivity index (χ0) is 22.4. The Labute approximate surface area is 184 Å². The summed E-state index contributed by atoms with van der Waals surface area (Å²) in [6, 6.07) is 17.7. The molecule has 0 heterocycles. The molecule has 0 aliphatic heterocycles. The highest BCUT2D eigenvalue weighted by Crippen LogP contribution is 2.31. The first-order valence-electron chi connectivity index (χ1n) is 9.29. The molecule has 160 valence electrons. The number of nitrogens with two attached hydrogens (primary N) is 1. The van der Waals surface area contributed by atoms with E-state index in [1.54, 1.807) is 30.3 Å². The molecule has 3 aromatic carbocycles. The van der Waals surface area contributed by atoms with E-state index in [-0.39, 0.29) is 11.3 Å². The van der Waals surface area contributed by atoms with Crippen LogP contribution in [0.15, 0.2) is 65.6 Å². The van der Waals surface area contributed by atoms with E-state index in [4.69, 9.17) is 19.9 Å². The van der Waals surface area contributed by atoms with E-state index >= 15 is 0 Å². The third kappa shape index (κ3) is 5.49. The molecule has 3 aromatic rings. The molecule has 3 rings (SSSR count). The highest BCUT2D eigenvalue weighted by atomic mass is 32.2. The second kappa shape index (κ2) is 9.90. The summed E-state index contributed by atoms with van der Waals surface area (Å²) in [6.45, 7) is 2.02. The number of hydrogen-bond donors (Lipinski definition) is 2. The Hall–Kier alpha value is -3.65. The van der Waals surface area contributed by atoms with Gasteiger partial charge in [-0.1, -0.05) is 17.7 Å². The lowest BCUT2D eigenvalue weighted by Gasteiger charge is -2.13. The molecular formula is C23H22N2O5S. The van der Waals surface area contributed by atoms with Crippen LogP contribution >= 0.6 is 11.9 Å². The van der Waals surface area contributed by atoms with Crippen molar-refractivity contribution in [3.05, 3.63) is 77.4 Å². The molecular weight excluding hydrogens is 416 g/mol. The molecule has 0 unspecified atom stereocenters. The van der Waals surface area contributed by atoms with Gasteiger partial charge in [0.15, 0.2) is 0 Å². The van der Waals surface area contributed by atoms with Gasteiger partial charge in [-0.15, -0.1) is 0 Å². The van der Waals surface area contributed by atoms with Crippen molar-refractivity contribution in [2.75, 3.05) is 24.7 Å². The second-order valence-corrected chi connectivity index (χ2v) is 7.44. The maximum Gasteiger partial charge on any atom is 0.340 e. The molecule has 7 nitrogen and oxygen atoms in total. The molecule has 3 N–H and O–H groups in total. The van der Waals surface area contributed by atoms with Gasteiger partial charge in [-0.05, 0) is 67.4 Å². The van der Waals surface area contributed by atoms with Crippen LogP contribution in [0.2, 0.25) is 0 Å². The fourth-order valence-electron chi connectivity index (χ4n) is 2.70. The number of nitrogen functional groups attached to an aromatic ring is 1. The minimum Gasteiger partial charge on any atom is -0.465 e. The average molecular weight is 439 g/mol. The number of ether oxygens (including phenoxy) is 3. The molecule has 0 aliphatic rings. The van der Waals surface area contributed by atoms with Gasteiger partial charge in [0, 0.05) is 10.6 Å². The van der Waals surface area contributed by atoms with E-state index in [0.717, 1.165) is 4.90 Å². The first-order chi connectivity index (χ1) is 14.9. The van der Waals surface area contributed by atoms with Gasteiger partial charge >= 0.3 is 11.9 Å². The molecule has 0 spiro atoms. The van der Waals surface area contributed by atoms with Crippen LogP contribution in [-0.2, 0) is 9.47 Å². The van der Waals surface area contributed by atoms with Crippen LogP contribution in [0.4, 0.5) is 11.4 Å². The molecule has 0 saturated carbocycles. The molecule has 0 amide bonds. The number of carbonyl (C=O) groups excluding carboxylic acids is 2. The van der Waals surface area contributed by atoms with Crippen molar-refractivity contribution in [2.45, 2.75) is 11.8 Å². The summed E-state index contributed by atoms with van der Waals surface area (Å²) >= 11 is 1.38. The Morgan fingerprint density at radius 1 is 0.839 bits per heavy atom. The molecule has 0 radical (unpaired) electrons. The molecule has 8 heteroatoms. The van der Waals surface area contributed by atoms with Crippen LogP contribution < -0.4 is 15.2 Å². The predicted molar refractivity (Wildman–Crippen MR) is 121 cm³/mol. The zero-order valence-electron chi connectivity index (χ0n) is 17.3. The first-order valence-corrected chi connectivity index (χ1v) is 10.1. The Balaban J connectivity index is 1.83. The molecule has 0 fully saturated rings. The fourth-order valence-corrected chi connectivity index (χ4v) is 3.37. The maximum atomic E-state index is 12.3. The van der Waals surface area contributed by atoms with Crippen molar-refractivity contribution < 1.29 is 23.8 Å². The van der Waals surface area contributed by atoms with E-state index in [2.05, 4.69) is 4.72 Å². The number of carbonyl (C=O) groups is 2. The summed E-state index contributed by atoms with van der Waals surface area (Å²) in [4.78, 5) is 25.2. The molecule has 31 heavy (non-hydrogen) atoms. The fraction of sp³-hybridized carbons (Fsp3) is 0.130. The summed E-state index contributed by atoms with van der Waals surface area (Å²) in [5.41, 5.74) is 8.35. The zero-order valence-corrected chi connectivity index (χ0v) is 18.1. The van der Waals surface area contributed by atoms with Crippen molar-refractivity contribution in [2.24, 2.45) is 0 Å². The Morgan fingerprint density at radius 2 is 1.42 bits per heavy atom. The lowest BCUT2D eigenvalue weighted by atomic mass is 10.1. The number of anilines is 2. The lowest BCUT2D eigenvalue weighted by Crippen LogP contribution is -2.06. The second-order valence-electron chi connectivity index (χ2n) is 6.56. The standard InChI is InChI=1S/C23H22N2O5S/c1-14-4-8-17(9-5-14)31-25-21-11-7-16(13-19(21)23(27)29-3)30-15-6-10-20(24)18(12-15)22(26)28-2/h4-13,25H,24H2,1-3H3. The van der Waals surface area contributed by atoms with Crippen molar-refractivity contribution >= 4 is 35.3 Å². The quantitative estimate of drug-likeness (QED) is 0.300. The highest BCUT2D eigenvalue weighted by Gasteiger charge is 2.16. The molecule has 0 aromatic heterocycles. The monoisotopic (exact) mass is 438 g/mol. The van der Waals surface area contributed by atoms with Gasteiger partial charge in [-0.25, -0.2) is 9.59 Å². The average Bonchev–Trinajstić information content (AvgIpc) is 2.79. The number of aryl methyl sites for hydroxylation is 1. The number of hydrogen-bond acceptors (Lipinski definition) is 8. The van der Waals surface area contributed by atoms with Crippen LogP contribution in [0.25, 0.3) is 0 Å². The van der Waals surface area contributed by atoms with Crippen molar-refractivity contribution in [1.82, 2.24) is 0 Å². The number of methoxy groups -OCH3 is 2. The minimum atomic E-state index is -0.564. The van der Waals surface area contributed by atoms with E-state index < -0.39 is 11.9 Å². The minimum absolute atomic E-state index is 0.195. The smallest absolute Gasteiger partial charge is 0.340 e. The molecule has 0 saturated heterocycles. The predicted octanol–water partition coefficient (Wildman–Crippen LogP) is 5.06. The Bertz CT molecular complexity index is 1100. The summed E-state index contributed by atoms with van der Waals surface area (Å²) < 4.78 is 18.6. The number of nitrogens with one attached hydrogen (secondary N) is 1. The summed E-state index contributed by atoms with van der Waals surface area (Å²) in [7, 11) is 2.59. The van der Waals surface area contributed by atoms with Gasteiger partial charge in [-0.2, -0.15) is 0 Å². The maximum absolute atomic E-state index is 12.3. The van der Waals surface area contributed by atoms with Gasteiger partial charge in [0.2, 0.25) is 0 Å². The van der Waals surface area contributed by atoms with Crippen molar-refractivity contribution in [3.63, 3.8) is 0 Å². The Kier molecular flexibility index (Phi) is 7.04. The van der Waals surface area contributed by atoms with Crippen LogP contribution in [0, 0.1) is 6.92 Å². The summed E-state index contributed by atoms with van der Waals surface area (Å²) in [5, 5.41) is 0. The van der Waals surface area contributed by atoms with Crippen molar-refractivity contribution in [1.29, 1.82) is 0 Å². The highest BCUT2D eigenvalue weighted by molar-refractivity contribution is 8.00. The Morgan fingerprint density at radius 3 is 2.06 bits per heavy atom. The largest absolute Gasteiger partial charge is 0.465 e. The third-order valence-electron chi connectivity index (χ3n) is 4.36. The van der Waals surface area contributed by atoms with E-state index in [1.165, 1.54) is 37.8 Å². The number of esters is 2. The van der Waals surface area contributed by atoms with Gasteiger partial charge in [-0.3, -0.25) is 0 Å². The molecule has 0 aliphatic carbocycles. The van der Waals surface area contributed by atoms with Crippen molar-refractivity contribution in [3.8, 4) is 11.5 Å². The number of benzene rings is 3. The van der Waals surface area contributed by atoms with Gasteiger partial charge < -0.3 is 24.7 Å². The van der Waals surface area contributed by atoms with Crippen LogP contribution in [0.3, 0.4) is 0 Å². The molecule has 0 atom stereocenters. The summed E-state index contributed by atoms with van der Waals surface area (Å²) in [6.07, 6.45) is 0. The normalized spacial score (nSPS) is 10.3. The third-order valence-corrected chi connectivity index (χ3v) is 5.19. The lowest BCUT2D eigenvalue weighted by molar-refractivity contribution is 0.0593. The van der Waals surface area contributed by atoms with Gasteiger partial charge in [0.05, 0.1) is 31.0 Å². The first kappa shape index (κ1) is 22.0. The van der Waals surface area contributed by atoms with E-state index in [0.29, 0.717) is 22.7 Å². The van der Waals surface area contributed by atoms with Crippen LogP contribution in [-0.4, -0.2) is 26.2 Å². The summed E-state index contributed by atoms with van der Waals surface area (Å²) in [5.74, 6) is -0.303.